The van der Waals surface area contributed by atoms with E-state index < -0.39 is 0 Å². The molecule has 0 saturated carbocycles. The summed E-state index contributed by atoms with van der Waals surface area (Å²) in [6.07, 6.45) is 2.40. The van der Waals surface area contributed by atoms with E-state index in [0.29, 0.717) is 6.42 Å². The standard InChI is InChI=1S/C21H25FN2O/c22-20-10-4-8-18(16-20)9-5-11-23-12-14-24(15-13-23)21(25)17-19-6-2-1-3-7-19/h1-4,6-8,10,16H,5,9,11-15,17H2. The Morgan fingerprint density at radius 1 is 0.920 bits per heavy atom. The molecule has 0 radical (unpaired) electrons. The Hall–Kier alpha value is -2.20. The zero-order valence-corrected chi connectivity index (χ0v) is 14.5. The van der Waals surface area contributed by atoms with Crippen LogP contribution in [0.5, 0.6) is 0 Å². The van der Waals surface area contributed by atoms with Crippen LogP contribution in [0.4, 0.5) is 4.39 Å². The molecule has 1 amide bonds. The molecule has 2 aromatic rings. The predicted octanol–water partition coefficient (Wildman–Crippen LogP) is 3.15. The van der Waals surface area contributed by atoms with E-state index in [9.17, 15) is 9.18 Å². The van der Waals surface area contributed by atoms with Crippen LogP contribution in [0.15, 0.2) is 54.6 Å². The number of carbonyl (C=O) groups excluding carboxylic acids is 1. The Morgan fingerprint density at radius 3 is 2.36 bits per heavy atom. The van der Waals surface area contributed by atoms with E-state index in [1.54, 1.807) is 12.1 Å². The van der Waals surface area contributed by atoms with Crippen LogP contribution in [0.25, 0.3) is 0 Å². The molecule has 0 unspecified atom stereocenters. The molecule has 3 nitrogen and oxygen atoms in total. The van der Waals surface area contributed by atoms with Gasteiger partial charge < -0.3 is 4.90 Å². The van der Waals surface area contributed by atoms with Crippen molar-refractivity contribution in [2.45, 2.75) is 19.3 Å². The quantitative estimate of drug-likeness (QED) is 0.806. The highest BCUT2D eigenvalue weighted by Crippen LogP contribution is 2.10. The van der Waals surface area contributed by atoms with Gasteiger partial charge in [-0.25, -0.2) is 4.39 Å². The van der Waals surface area contributed by atoms with E-state index in [4.69, 9.17) is 0 Å². The molecule has 0 N–H and O–H groups in total. The summed E-state index contributed by atoms with van der Waals surface area (Å²) >= 11 is 0. The third kappa shape index (κ3) is 5.40. The van der Waals surface area contributed by atoms with Gasteiger partial charge in [0.15, 0.2) is 0 Å². The van der Waals surface area contributed by atoms with Crippen LogP contribution in [-0.2, 0) is 17.6 Å². The molecule has 1 saturated heterocycles. The Kier molecular flexibility index (Phi) is 6.18. The van der Waals surface area contributed by atoms with Gasteiger partial charge in [-0.05, 0) is 42.6 Å². The van der Waals surface area contributed by atoms with Gasteiger partial charge in [0.2, 0.25) is 5.91 Å². The van der Waals surface area contributed by atoms with Gasteiger partial charge in [0, 0.05) is 26.2 Å². The van der Waals surface area contributed by atoms with Crippen LogP contribution in [0, 0.1) is 5.82 Å². The second-order valence-electron chi connectivity index (χ2n) is 6.62. The van der Waals surface area contributed by atoms with Crippen molar-refractivity contribution in [1.29, 1.82) is 0 Å². The van der Waals surface area contributed by atoms with Gasteiger partial charge in [-0.2, -0.15) is 0 Å². The average Bonchev–Trinajstić information content (AvgIpc) is 2.63. The van der Waals surface area contributed by atoms with E-state index in [0.717, 1.165) is 56.7 Å². The van der Waals surface area contributed by atoms with Crippen LogP contribution >= 0.6 is 0 Å². The maximum absolute atomic E-state index is 13.2. The highest BCUT2D eigenvalue weighted by Gasteiger charge is 2.20. The first-order valence-electron chi connectivity index (χ1n) is 8.99. The fraction of sp³-hybridized carbons (Fsp3) is 0.381. The lowest BCUT2D eigenvalue weighted by molar-refractivity contribution is -0.132. The number of rotatable bonds is 6. The van der Waals surface area contributed by atoms with Gasteiger partial charge >= 0.3 is 0 Å². The first-order valence-corrected chi connectivity index (χ1v) is 8.99. The summed E-state index contributed by atoms with van der Waals surface area (Å²) in [6.45, 7) is 4.43. The molecule has 1 aliphatic rings. The van der Waals surface area contributed by atoms with Gasteiger partial charge in [-0.1, -0.05) is 42.5 Å². The number of aryl methyl sites for hydroxylation is 1. The predicted molar refractivity (Wildman–Crippen MR) is 97.9 cm³/mol. The van der Waals surface area contributed by atoms with Crippen molar-refractivity contribution >= 4 is 5.91 Å². The lowest BCUT2D eigenvalue weighted by Gasteiger charge is -2.34. The summed E-state index contributed by atoms with van der Waals surface area (Å²) in [4.78, 5) is 16.7. The van der Waals surface area contributed by atoms with Gasteiger partial charge in [-0.15, -0.1) is 0 Å². The molecule has 25 heavy (non-hydrogen) atoms. The van der Waals surface area contributed by atoms with E-state index in [1.165, 1.54) is 6.07 Å². The van der Waals surface area contributed by atoms with Crippen LogP contribution in [0.3, 0.4) is 0 Å². The van der Waals surface area contributed by atoms with Crippen LogP contribution in [0.1, 0.15) is 17.5 Å². The zero-order chi connectivity index (χ0) is 17.5. The van der Waals surface area contributed by atoms with Gasteiger partial charge in [0.1, 0.15) is 5.82 Å². The number of piperazine rings is 1. The summed E-state index contributed by atoms with van der Waals surface area (Å²) in [6, 6.07) is 16.7. The van der Waals surface area contributed by atoms with Crippen molar-refractivity contribution in [1.82, 2.24) is 9.80 Å². The van der Waals surface area contributed by atoms with E-state index >= 15 is 0 Å². The molecule has 1 aliphatic heterocycles. The fourth-order valence-corrected chi connectivity index (χ4v) is 3.30. The molecule has 0 atom stereocenters. The molecule has 132 valence electrons. The summed E-state index contributed by atoms with van der Waals surface area (Å²) < 4.78 is 13.2. The van der Waals surface area contributed by atoms with Crippen LogP contribution < -0.4 is 0 Å². The van der Waals surface area contributed by atoms with Crippen LogP contribution in [-0.4, -0.2) is 48.4 Å². The number of halogens is 1. The summed E-state index contributed by atoms with van der Waals surface area (Å²) in [7, 11) is 0. The maximum Gasteiger partial charge on any atom is 0.227 e. The number of benzene rings is 2. The lowest BCUT2D eigenvalue weighted by atomic mass is 10.1. The topological polar surface area (TPSA) is 23.6 Å². The number of nitrogens with zero attached hydrogens (tertiary/aromatic N) is 2. The molecule has 2 aromatic carbocycles. The average molecular weight is 340 g/mol. The molecule has 1 fully saturated rings. The maximum atomic E-state index is 13.2. The second kappa shape index (κ2) is 8.77. The van der Waals surface area contributed by atoms with Crippen molar-refractivity contribution in [3.05, 3.63) is 71.5 Å². The zero-order valence-electron chi connectivity index (χ0n) is 14.5. The Balaban J connectivity index is 1.37. The van der Waals surface area contributed by atoms with Gasteiger partial charge in [-0.3, -0.25) is 9.69 Å². The molecule has 0 spiro atoms. The van der Waals surface area contributed by atoms with Crippen molar-refractivity contribution in [2.75, 3.05) is 32.7 Å². The number of hydrogen-bond donors (Lipinski definition) is 0. The third-order valence-corrected chi connectivity index (χ3v) is 4.75. The smallest absolute Gasteiger partial charge is 0.227 e. The van der Waals surface area contributed by atoms with Crippen LogP contribution in [0.2, 0.25) is 0 Å². The minimum Gasteiger partial charge on any atom is -0.340 e. The molecule has 0 aromatic heterocycles. The minimum atomic E-state index is -0.164. The fourth-order valence-electron chi connectivity index (χ4n) is 3.30. The monoisotopic (exact) mass is 340 g/mol. The summed E-state index contributed by atoms with van der Waals surface area (Å²) in [5, 5.41) is 0. The van der Waals surface area contributed by atoms with Crippen molar-refractivity contribution < 1.29 is 9.18 Å². The van der Waals surface area contributed by atoms with E-state index in [-0.39, 0.29) is 11.7 Å². The largest absolute Gasteiger partial charge is 0.340 e. The minimum absolute atomic E-state index is 0.164. The molecular weight excluding hydrogens is 315 g/mol. The molecule has 0 bridgehead atoms. The second-order valence-corrected chi connectivity index (χ2v) is 6.62. The molecular formula is C21H25FN2O. The Morgan fingerprint density at radius 2 is 1.64 bits per heavy atom. The molecule has 0 aliphatic carbocycles. The molecule has 1 heterocycles. The highest BCUT2D eigenvalue weighted by atomic mass is 19.1. The summed E-state index contributed by atoms with van der Waals surface area (Å²) in [5.41, 5.74) is 2.13. The first kappa shape index (κ1) is 17.6. The molecule has 4 heteroatoms. The third-order valence-electron chi connectivity index (χ3n) is 4.75. The number of amides is 1. The normalized spacial score (nSPS) is 15.3. The first-order chi connectivity index (χ1) is 12.2. The molecule has 3 rings (SSSR count). The van der Waals surface area contributed by atoms with Gasteiger partial charge in [0.05, 0.1) is 6.42 Å². The van der Waals surface area contributed by atoms with Crippen molar-refractivity contribution in [3.8, 4) is 0 Å². The van der Waals surface area contributed by atoms with Crippen molar-refractivity contribution in [2.24, 2.45) is 0 Å². The SMILES string of the molecule is O=C(Cc1ccccc1)N1CCN(CCCc2cccc(F)c2)CC1. The number of carbonyl (C=O) groups is 1. The highest BCUT2D eigenvalue weighted by molar-refractivity contribution is 5.78. The van der Waals surface area contributed by atoms with E-state index in [1.807, 2.05) is 41.3 Å². The van der Waals surface area contributed by atoms with E-state index in [2.05, 4.69) is 4.90 Å². The number of hydrogen-bond acceptors (Lipinski definition) is 2. The lowest BCUT2D eigenvalue weighted by Crippen LogP contribution is -2.49. The summed E-state index contributed by atoms with van der Waals surface area (Å²) in [5.74, 6) is 0.0497. The Labute approximate surface area is 149 Å². The van der Waals surface area contributed by atoms with Gasteiger partial charge in [0.25, 0.3) is 0 Å². The Bertz CT molecular complexity index is 681. The van der Waals surface area contributed by atoms with Crippen molar-refractivity contribution in [3.63, 3.8) is 0 Å².